The van der Waals surface area contributed by atoms with Crippen LogP contribution in [0.15, 0.2) is 10.5 Å². The van der Waals surface area contributed by atoms with E-state index in [-0.39, 0.29) is 18.4 Å². The third kappa shape index (κ3) is 4.73. The summed E-state index contributed by atoms with van der Waals surface area (Å²) in [5, 5.41) is 3.24. The highest BCUT2D eigenvalue weighted by Gasteiger charge is 2.21. The summed E-state index contributed by atoms with van der Waals surface area (Å²) in [4.78, 5) is 13.9. The van der Waals surface area contributed by atoms with E-state index in [2.05, 4.69) is 10.2 Å². The molecule has 2 rings (SSSR count). The maximum absolute atomic E-state index is 11.6. The first-order chi connectivity index (χ1) is 9.63. The minimum absolute atomic E-state index is 0. The third-order valence-corrected chi connectivity index (χ3v) is 3.95. The second kappa shape index (κ2) is 8.41. The van der Waals surface area contributed by atoms with Gasteiger partial charge in [0.25, 0.3) is 0 Å². The highest BCUT2D eigenvalue weighted by atomic mass is 35.5. The van der Waals surface area contributed by atoms with Gasteiger partial charge < -0.3 is 14.5 Å². The fraction of sp³-hybridized carbons (Fsp3) is 0.667. The third-order valence-electron chi connectivity index (χ3n) is 3.95. The first-order valence-corrected chi connectivity index (χ1v) is 7.18. The molecule has 1 saturated heterocycles. The molecule has 1 aromatic rings. The Morgan fingerprint density at radius 1 is 1.48 bits per heavy atom. The Labute approximate surface area is 132 Å². The summed E-state index contributed by atoms with van der Waals surface area (Å²) in [6, 6.07) is 1.81. The number of nitrogens with one attached hydrogen (secondary N) is 1. The molecule has 1 fully saturated rings. The number of nitrogens with zero attached hydrogens (tertiary/aromatic N) is 1. The molecule has 0 aromatic carbocycles. The Morgan fingerprint density at radius 3 is 2.71 bits per heavy atom. The van der Waals surface area contributed by atoms with Gasteiger partial charge in [-0.1, -0.05) is 0 Å². The van der Waals surface area contributed by atoms with Crippen molar-refractivity contribution in [3.05, 3.63) is 23.2 Å². The van der Waals surface area contributed by atoms with Crippen molar-refractivity contribution in [2.75, 3.05) is 33.8 Å². The second-order valence-electron chi connectivity index (χ2n) is 5.45. The molecule has 2 heterocycles. The van der Waals surface area contributed by atoms with Gasteiger partial charge in [0.2, 0.25) is 0 Å². The topological polar surface area (TPSA) is 54.7 Å². The zero-order valence-electron chi connectivity index (χ0n) is 13.0. The number of halogens is 1. The lowest BCUT2D eigenvalue weighted by atomic mass is 9.97. The number of rotatable bonds is 5. The SMILES string of the molecule is CNCC1CCN(Cc2cc(C(=O)OC)c(C)o2)CC1.Cl. The van der Waals surface area contributed by atoms with Crippen molar-refractivity contribution in [3.8, 4) is 0 Å². The predicted octanol–water partition coefficient (Wildman–Crippen LogP) is 2.23. The maximum atomic E-state index is 11.6. The highest BCUT2D eigenvalue weighted by molar-refractivity contribution is 5.90. The van der Waals surface area contributed by atoms with E-state index >= 15 is 0 Å². The Hall–Kier alpha value is -1.04. The quantitative estimate of drug-likeness (QED) is 0.844. The lowest BCUT2D eigenvalue weighted by Gasteiger charge is -2.31. The summed E-state index contributed by atoms with van der Waals surface area (Å²) in [6.07, 6.45) is 2.43. The smallest absolute Gasteiger partial charge is 0.341 e. The number of carbonyl (C=O) groups is 1. The van der Waals surface area contributed by atoms with Crippen LogP contribution in [0.3, 0.4) is 0 Å². The van der Waals surface area contributed by atoms with Crippen LogP contribution in [0.1, 0.15) is 34.7 Å². The Morgan fingerprint density at radius 2 is 2.14 bits per heavy atom. The van der Waals surface area contributed by atoms with Crippen LogP contribution in [-0.2, 0) is 11.3 Å². The van der Waals surface area contributed by atoms with Crippen molar-refractivity contribution in [2.45, 2.75) is 26.3 Å². The molecule has 1 aliphatic heterocycles. The standard InChI is InChI=1S/C15H24N2O3.ClH/c1-11-14(15(18)19-3)8-13(20-11)10-17-6-4-12(5-7-17)9-16-2;/h8,12,16H,4-7,9-10H2,1-3H3;1H. The molecule has 0 saturated carbocycles. The molecule has 0 radical (unpaired) electrons. The number of hydrogen-bond donors (Lipinski definition) is 1. The molecule has 1 aliphatic rings. The van der Waals surface area contributed by atoms with Gasteiger partial charge in [0.1, 0.15) is 17.1 Å². The molecule has 5 nitrogen and oxygen atoms in total. The van der Waals surface area contributed by atoms with Crippen LogP contribution in [0.25, 0.3) is 0 Å². The molecular formula is C15H25ClN2O3. The van der Waals surface area contributed by atoms with E-state index in [4.69, 9.17) is 9.15 Å². The van der Waals surface area contributed by atoms with Crippen molar-refractivity contribution < 1.29 is 13.9 Å². The molecule has 1 N–H and O–H groups in total. The molecule has 0 atom stereocenters. The van der Waals surface area contributed by atoms with E-state index in [1.54, 1.807) is 13.0 Å². The van der Waals surface area contributed by atoms with E-state index in [0.29, 0.717) is 11.3 Å². The van der Waals surface area contributed by atoms with Gasteiger partial charge in [-0.3, -0.25) is 4.90 Å². The summed E-state index contributed by atoms with van der Waals surface area (Å²) in [5.74, 6) is 1.93. The molecule has 0 amide bonds. The summed E-state index contributed by atoms with van der Waals surface area (Å²) >= 11 is 0. The molecule has 120 valence electrons. The van der Waals surface area contributed by atoms with Gasteiger partial charge in [-0.05, 0) is 58.4 Å². The average Bonchev–Trinajstić information content (AvgIpc) is 2.81. The van der Waals surface area contributed by atoms with Crippen molar-refractivity contribution >= 4 is 18.4 Å². The lowest BCUT2D eigenvalue weighted by Crippen LogP contribution is -2.36. The minimum atomic E-state index is -0.328. The fourth-order valence-electron chi connectivity index (χ4n) is 2.79. The van der Waals surface area contributed by atoms with E-state index in [1.807, 2.05) is 7.05 Å². The van der Waals surface area contributed by atoms with Crippen LogP contribution in [0.5, 0.6) is 0 Å². The van der Waals surface area contributed by atoms with Crippen LogP contribution < -0.4 is 5.32 Å². The first-order valence-electron chi connectivity index (χ1n) is 7.18. The molecule has 1 aromatic heterocycles. The molecular weight excluding hydrogens is 292 g/mol. The fourth-order valence-corrected chi connectivity index (χ4v) is 2.79. The molecule has 0 spiro atoms. The monoisotopic (exact) mass is 316 g/mol. The molecule has 21 heavy (non-hydrogen) atoms. The van der Waals surface area contributed by atoms with E-state index in [1.165, 1.54) is 20.0 Å². The van der Waals surface area contributed by atoms with Crippen molar-refractivity contribution in [1.82, 2.24) is 10.2 Å². The van der Waals surface area contributed by atoms with Gasteiger partial charge in [-0.25, -0.2) is 4.79 Å². The minimum Gasteiger partial charge on any atom is -0.465 e. The summed E-state index contributed by atoms with van der Waals surface area (Å²) in [6.45, 7) is 5.83. The maximum Gasteiger partial charge on any atom is 0.341 e. The Kier molecular flexibility index (Phi) is 7.22. The number of esters is 1. The molecule has 0 aliphatic carbocycles. The summed E-state index contributed by atoms with van der Waals surface area (Å²) in [7, 11) is 3.40. The van der Waals surface area contributed by atoms with E-state index in [9.17, 15) is 4.79 Å². The summed E-state index contributed by atoms with van der Waals surface area (Å²) < 4.78 is 10.4. The summed E-state index contributed by atoms with van der Waals surface area (Å²) in [5.41, 5.74) is 0.535. The van der Waals surface area contributed by atoms with Crippen LogP contribution in [0, 0.1) is 12.8 Å². The van der Waals surface area contributed by atoms with Crippen molar-refractivity contribution in [2.24, 2.45) is 5.92 Å². The van der Waals surface area contributed by atoms with Gasteiger partial charge in [0.15, 0.2) is 0 Å². The predicted molar refractivity (Wildman–Crippen MR) is 84.0 cm³/mol. The highest BCUT2D eigenvalue weighted by Crippen LogP contribution is 2.21. The Bertz CT molecular complexity index is 454. The molecule has 0 bridgehead atoms. The number of methoxy groups -OCH3 is 1. The zero-order chi connectivity index (χ0) is 14.5. The van der Waals surface area contributed by atoms with E-state index in [0.717, 1.165) is 37.9 Å². The number of carbonyl (C=O) groups excluding carboxylic acids is 1. The zero-order valence-corrected chi connectivity index (χ0v) is 13.8. The largest absolute Gasteiger partial charge is 0.465 e. The van der Waals surface area contributed by atoms with Gasteiger partial charge in [-0.15, -0.1) is 12.4 Å². The second-order valence-corrected chi connectivity index (χ2v) is 5.45. The molecule has 6 heteroatoms. The van der Waals surface area contributed by atoms with Crippen molar-refractivity contribution in [3.63, 3.8) is 0 Å². The van der Waals surface area contributed by atoms with Gasteiger partial charge >= 0.3 is 5.97 Å². The number of furan rings is 1. The number of aryl methyl sites for hydroxylation is 1. The van der Waals surface area contributed by atoms with Crippen LogP contribution in [0.4, 0.5) is 0 Å². The first kappa shape index (κ1) is 18.0. The van der Waals surface area contributed by atoms with Gasteiger partial charge in [-0.2, -0.15) is 0 Å². The number of hydrogen-bond acceptors (Lipinski definition) is 5. The van der Waals surface area contributed by atoms with Gasteiger partial charge in [0.05, 0.1) is 13.7 Å². The number of ether oxygens (including phenoxy) is 1. The van der Waals surface area contributed by atoms with Crippen LogP contribution in [-0.4, -0.2) is 44.7 Å². The van der Waals surface area contributed by atoms with Crippen LogP contribution in [0.2, 0.25) is 0 Å². The van der Waals surface area contributed by atoms with Gasteiger partial charge in [0, 0.05) is 0 Å². The van der Waals surface area contributed by atoms with Crippen LogP contribution >= 0.6 is 12.4 Å². The number of piperidine rings is 1. The normalized spacial score (nSPS) is 16.5. The van der Waals surface area contributed by atoms with Crippen molar-refractivity contribution in [1.29, 1.82) is 0 Å². The lowest BCUT2D eigenvalue weighted by molar-refractivity contribution is 0.0599. The Balaban J connectivity index is 0.00000220. The molecule has 0 unspecified atom stereocenters. The van der Waals surface area contributed by atoms with E-state index < -0.39 is 0 Å². The average molecular weight is 317 g/mol. The number of likely N-dealkylation sites (tertiary alicyclic amines) is 1.